The number of halogens is 3. The quantitative estimate of drug-likeness (QED) is 0.568. The van der Waals surface area contributed by atoms with Crippen LogP contribution in [0.4, 0.5) is 0 Å². The number of hydrogen-bond acceptors (Lipinski definition) is 3. The molecule has 3 aromatic rings. The molecular weight excluding hydrogens is 373 g/mol. The summed E-state index contributed by atoms with van der Waals surface area (Å²) in [4.78, 5) is 12.7. The van der Waals surface area contributed by atoms with Gasteiger partial charge in [-0.2, -0.15) is 0 Å². The summed E-state index contributed by atoms with van der Waals surface area (Å²) in [5, 5.41) is 0.632. The molecule has 0 aliphatic rings. The number of pyridine rings is 1. The second-order valence-corrected chi connectivity index (χ2v) is 5.88. The monoisotopic (exact) mass is 379 g/mol. The molecule has 0 fully saturated rings. The molecule has 0 amide bonds. The van der Waals surface area contributed by atoms with Crippen molar-refractivity contribution in [3.8, 4) is 22.5 Å². The largest absolute Gasteiger partial charge is 0.264 e. The van der Waals surface area contributed by atoms with Crippen molar-refractivity contribution in [3.05, 3.63) is 63.6 Å². The van der Waals surface area contributed by atoms with E-state index in [1.54, 1.807) is 12.4 Å². The lowest BCUT2D eigenvalue weighted by Gasteiger charge is -2.08. The molecule has 104 valence electrons. The predicted octanol–water partition coefficient (Wildman–Crippen LogP) is 5.27. The van der Waals surface area contributed by atoms with E-state index in [0.29, 0.717) is 21.7 Å². The lowest BCUT2D eigenvalue weighted by atomic mass is 10.1. The van der Waals surface area contributed by atoms with Gasteiger partial charge in [-0.3, -0.25) is 4.98 Å². The average molecular weight is 381 g/mol. The van der Waals surface area contributed by atoms with Gasteiger partial charge in [-0.1, -0.05) is 51.3 Å². The molecule has 2 aromatic heterocycles. The van der Waals surface area contributed by atoms with Gasteiger partial charge in [-0.25, -0.2) is 9.97 Å². The SMILES string of the molecule is Clc1nc(-c2cccnc2)nc(Cl)c1-c1ccc(Br)cc1. The Bertz CT molecular complexity index is 754. The highest BCUT2D eigenvalue weighted by Crippen LogP contribution is 2.34. The number of aromatic nitrogens is 3. The number of benzene rings is 1. The maximum absolute atomic E-state index is 6.29. The van der Waals surface area contributed by atoms with Crippen molar-refractivity contribution < 1.29 is 0 Å². The fourth-order valence-electron chi connectivity index (χ4n) is 1.89. The summed E-state index contributed by atoms with van der Waals surface area (Å²) in [6.07, 6.45) is 3.35. The summed E-state index contributed by atoms with van der Waals surface area (Å²) in [6.45, 7) is 0. The molecule has 6 heteroatoms. The zero-order valence-electron chi connectivity index (χ0n) is 10.6. The Labute approximate surface area is 140 Å². The minimum atomic E-state index is 0.316. The van der Waals surface area contributed by atoms with Gasteiger partial charge in [0.25, 0.3) is 0 Å². The summed E-state index contributed by atoms with van der Waals surface area (Å²) in [5.41, 5.74) is 2.26. The first-order valence-corrected chi connectivity index (χ1v) is 7.59. The van der Waals surface area contributed by atoms with E-state index in [1.165, 1.54) is 0 Å². The first-order valence-electron chi connectivity index (χ1n) is 6.04. The first kappa shape index (κ1) is 14.4. The van der Waals surface area contributed by atoms with Crippen LogP contribution in [0.5, 0.6) is 0 Å². The van der Waals surface area contributed by atoms with E-state index in [1.807, 2.05) is 36.4 Å². The van der Waals surface area contributed by atoms with Crippen molar-refractivity contribution in [1.82, 2.24) is 15.0 Å². The van der Waals surface area contributed by atoms with E-state index in [4.69, 9.17) is 23.2 Å². The van der Waals surface area contributed by atoms with Crippen LogP contribution in [-0.4, -0.2) is 15.0 Å². The maximum atomic E-state index is 6.29. The van der Waals surface area contributed by atoms with Crippen molar-refractivity contribution in [3.63, 3.8) is 0 Å². The number of rotatable bonds is 2. The van der Waals surface area contributed by atoms with Gasteiger partial charge in [0.05, 0.1) is 5.56 Å². The minimum absolute atomic E-state index is 0.316. The van der Waals surface area contributed by atoms with Gasteiger partial charge in [-0.05, 0) is 29.8 Å². The summed E-state index contributed by atoms with van der Waals surface area (Å²) in [6, 6.07) is 11.3. The second-order valence-electron chi connectivity index (χ2n) is 4.25. The lowest BCUT2D eigenvalue weighted by molar-refractivity contribution is 1.17. The molecule has 0 spiro atoms. The maximum Gasteiger partial charge on any atom is 0.164 e. The zero-order valence-corrected chi connectivity index (χ0v) is 13.7. The molecule has 0 radical (unpaired) electrons. The van der Waals surface area contributed by atoms with Gasteiger partial charge in [0.15, 0.2) is 5.82 Å². The van der Waals surface area contributed by atoms with E-state index < -0.39 is 0 Å². The Morgan fingerprint density at radius 1 is 0.857 bits per heavy atom. The molecule has 21 heavy (non-hydrogen) atoms. The van der Waals surface area contributed by atoms with Crippen molar-refractivity contribution in [1.29, 1.82) is 0 Å². The fraction of sp³-hybridized carbons (Fsp3) is 0. The lowest BCUT2D eigenvalue weighted by Crippen LogP contribution is -1.95. The topological polar surface area (TPSA) is 38.7 Å². The standard InChI is InChI=1S/C15H8BrCl2N3/c16-11-5-3-9(4-6-11)12-13(17)20-15(21-14(12)18)10-2-1-7-19-8-10/h1-8H. The van der Waals surface area contributed by atoms with E-state index in [9.17, 15) is 0 Å². The Kier molecular flexibility index (Phi) is 4.19. The molecule has 0 saturated carbocycles. The highest BCUT2D eigenvalue weighted by molar-refractivity contribution is 9.10. The Hall–Kier alpha value is -1.49. The van der Waals surface area contributed by atoms with Crippen LogP contribution in [0.3, 0.4) is 0 Å². The summed E-state index contributed by atoms with van der Waals surface area (Å²) in [7, 11) is 0. The first-order chi connectivity index (χ1) is 10.1. The third kappa shape index (κ3) is 3.07. The van der Waals surface area contributed by atoms with E-state index >= 15 is 0 Å². The van der Waals surface area contributed by atoms with Crippen molar-refractivity contribution in [2.45, 2.75) is 0 Å². The molecule has 0 atom stereocenters. The van der Waals surface area contributed by atoms with E-state index in [0.717, 1.165) is 15.6 Å². The second kappa shape index (κ2) is 6.10. The van der Waals surface area contributed by atoms with E-state index in [2.05, 4.69) is 30.9 Å². The van der Waals surface area contributed by atoms with E-state index in [-0.39, 0.29) is 0 Å². The summed E-state index contributed by atoms with van der Waals surface area (Å²) < 4.78 is 0.978. The van der Waals surface area contributed by atoms with Gasteiger partial charge in [0.2, 0.25) is 0 Å². The molecule has 1 aromatic carbocycles. The number of hydrogen-bond donors (Lipinski definition) is 0. The van der Waals surface area contributed by atoms with Crippen LogP contribution in [0.1, 0.15) is 0 Å². The highest BCUT2D eigenvalue weighted by Gasteiger charge is 2.14. The molecule has 2 heterocycles. The molecule has 0 N–H and O–H groups in total. The van der Waals surface area contributed by atoms with Crippen LogP contribution in [0.25, 0.3) is 22.5 Å². The van der Waals surface area contributed by atoms with Crippen LogP contribution in [0, 0.1) is 0 Å². The Balaban J connectivity index is 2.11. The van der Waals surface area contributed by atoms with Gasteiger partial charge in [-0.15, -0.1) is 0 Å². The van der Waals surface area contributed by atoms with Crippen LogP contribution in [-0.2, 0) is 0 Å². The molecular formula is C15H8BrCl2N3. The molecule has 0 saturated heterocycles. The third-order valence-corrected chi connectivity index (χ3v) is 3.95. The Morgan fingerprint density at radius 3 is 2.10 bits per heavy atom. The summed E-state index contributed by atoms with van der Waals surface area (Å²) in [5.74, 6) is 0.457. The normalized spacial score (nSPS) is 10.6. The van der Waals surface area contributed by atoms with Crippen molar-refractivity contribution in [2.24, 2.45) is 0 Å². The Morgan fingerprint density at radius 2 is 1.52 bits per heavy atom. The van der Waals surface area contributed by atoms with Gasteiger partial charge >= 0.3 is 0 Å². The van der Waals surface area contributed by atoms with Crippen molar-refractivity contribution >= 4 is 39.1 Å². The minimum Gasteiger partial charge on any atom is -0.264 e. The zero-order chi connectivity index (χ0) is 14.8. The molecule has 3 nitrogen and oxygen atoms in total. The fourth-order valence-corrected chi connectivity index (χ4v) is 2.76. The highest BCUT2D eigenvalue weighted by atomic mass is 79.9. The molecule has 0 unspecified atom stereocenters. The van der Waals surface area contributed by atoms with Crippen molar-refractivity contribution in [2.75, 3.05) is 0 Å². The van der Waals surface area contributed by atoms with Gasteiger partial charge in [0.1, 0.15) is 10.3 Å². The molecule has 0 aliphatic heterocycles. The van der Waals surface area contributed by atoms with Gasteiger partial charge in [0, 0.05) is 22.4 Å². The van der Waals surface area contributed by atoms with Crippen LogP contribution in [0.15, 0.2) is 53.3 Å². The van der Waals surface area contributed by atoms with Gasteiger partial charge < -0.3 is 0 Å². The third-order valence-electron chi connectivity index (χ3n) is 2.87. The van der Waals surface area contributed by atoms with Crippen LogP contribution in [0.2, 0.25) is 10.3 Å². The molecule has 0 aliphatic carbocycles. The number of nitrogens with zero attached hydrogens (tertiary/aromatic N) is 3. The van der Waals surface area contributed by atoms with Crippen LogP contribution >= 0.6 is 39.1 Å². The predicted molar refractivity (Wildman–Crippen MR) is 88.4 cm³/mol. The average Bonchev–Trinajstić information content (AvgIpc) is 2.49. The summed E-state index contributed by atoms with van der Waals surface area (Å²) >= 11 is 16.0. The molecule has 3 rings (SSSR count). The van der Waals surface area contributed by atoms with Crippen LogP contribution < -0.4 is 0 Å². The smallest absolute Gasteiger partial charge is 0.164 e. The molecule has 0 bridgehead atoms.